The third-order valence-corrected chi connectivity index (χ3v) is 3.28. The monoisotopic (exact) mass is 269 g/mol. The molecule has 1 N–H and O–H groups in total. The lowest BCUT2D eigenvalue weighted by molar-refractivity contribution is 0.738. The summed E-state index contributed by atoms with van der Waals surface area (Å²) in [7, 11) is 1.94. The summed E-state index contributed by atoms with van der Waals surface area (Å²) in [6.07, 6.45) is 3.46. The van der Waals surface area contributed by atoms with E-state index in [4.69, 9.17) is 0 Å². The van der Waals surface area contributed by atoms with Gasteiger partial charge in [0.25, 0.3) is 0 Å². The highest BCUT2D eigenvalue weighted by Gasteiger charge is 2.04. The molecule has 3 aromatic rings. The average molecular weight is 269 g/mol. The Morgan fingerprint density at radius 2 is 2.20 bits per heavy atom. The van der Waals surface area contributed by atoms with Crippen molar-refractivity contribution in [2.45, 2.75) is 13.5 Å². The van der Waals surface area contributed by atoms with Gasteiger partial charge < -0.3 is 5.32 Å². The van der Waals surface area contributed by atoms with Crippen LogP contribution in [0.3, 0.4) is 0 Å². The summed E-state index contributed by atoms with van der Waals surface area (Å²) in [5, 5.41) is 18.8. The van der Waals surface area contributed by atoms with Gasteiger partial charge in [-0.1, -0.05) is 6.07 Å². The van der Waals surface area contributed by atoms with E-state index < -0.39 is 0 Å². The van der Waals surface area contributed by atoms with Crippen LogP contribution in [0.1, 0.15) is 11.3 Å². The number of tetrazole rings is 1. The minimum absolute atomic E-state index is 0.735. The molecule has 7 nitrogen and oxygen atoms in total. The Kier molecular flexibility index (Phi) is 3.16. The van der Waals surface area contributed by atoms with E-state index >= 15 is 0 Å². The molecule has 0 aliphatic heterocycles. The largest absolute Gasteiger partial charge is 0.381 e. The first-order chi connectivity index (χ1) is 9.74. The van der Waals surface area contributed by atoms with Gasteiger partial charge in [-0.05, 0) is 35.5 Å². The van der Waals surface area contributed by atoms with Crippen LogP contribution in [-0.4, -0.2) is 30.0 Å². The summed E-state index contributed by atoms with van der Waals surface area (Å²) in [4.78, 5) is 0. The van der Waals surface area contributed by atoms with E-state index in [2.05, 4.69) is 32.9 Å². The maximum absolute atomic E-state index is 4.23. The van der Waals surface area contributed by atoms with Gasteiger partial charge in [-0.2, -0.15) is 5.10 Å². The van der Waals surface area contributed by atoms with Gasteiger partial charge in [-0.15, -0.1) is 5.10 Å². The molecule has 0 atom stereocenters. The minimum Gasteiger partial charge on any atom is -0.381 e. The quantitative estimate of drug-likeness (QED) is 0.773. The topological polar surface area (TPSA) is 73.5 Å². The molecule has 0 fully saturated rings. The van der Waals surface area contributed by atoms with Crippen LogP contribution in [0.5, 0.6) is 0 Å². The minimum atomic E-state index is 0.735. The molecule has 20 heavy (non-hydrogen) atoms. The number of nitrogens with one attached hydrogen (secondary N) is 1. The normalized spacial score (nSPS) is 10.7. The Morgan fingerprint density at radius 3 is 2.90 bits per heavy atom. The summed E-state index contributed by atoms with van der Waals surface area (Å²) >= 11 is 0. The highest BCUT2D eigenvalue weighted by atomic mass is 15.5. The van der Waals surface area contributed by atoms with Gasteiger partial charge in [0.05, 0.1) is 11.9 Å². The lowest BCUT2D eigenvalue weighted by Gasteiger charge is -2.08. The Hall–Kier alpha value is -2.70. The summed E-state index contributed by atoms with van der Waals surface area (Å²) in [6.45, 7) is 2.79. The van der Waals surface area contributed by atoms with Gasteiger partial charge in [0.1, 0.15) is 6.33 Å². The van der Waals surface area contributed by atoms with E-state index in [1.54, 1.807) is 11.0 Å². The van der Waals surface area contributed by atoms with Crippen LogP contribution >= 0.6 is 0 Å². The van der Waals surface area contributed by atoms with E-state index in [-0.39, 0.29) is 0 Å². The molecule has 7 heteroatoms. The second kappa shape index (κ2) is 5.12. The third kappa shape index (κ3) is 2.37. The van der Waals surface area contributed by atoms with Crippen molar-refractivity contribution in [1.29, 1.82) is 0 Å². The standard InChI is InChI=1S/C13H15N7/c1-10-11(8-16-19(10)2)7-14-12-4-3-5-13(6-12)20-9-15-17-18-20/h3-6,8-9,14H,7H2,1-2H3. The zero-order chi connectivity index (χ0) is 13.9. The van der Waals surface area contributed by atoms with Crippen molar-refractivity contribution in [3.8, 4) is 5.69 Å². The molecule has 3 rings (SSSR count). The van der Waals surface area contributed by atoms with E-state index in [1.807, 2.05) is 42.2 Å². The molecule has 0 unspecified atom stereocenters. The fourth-order valence-corrected chi connectivity index (χ4v) is 1.95. The van der Waals surface area contributed by atoms with Gasteiger partial charge in [0.2, 0.25) is 0 Å². The van der Waals surface area contributed by atoms with E-state index in [1.165, 1.54) is 5.56 Å². The fraction of sp³-hybridized carbons (Fsp3) is 0.231. The van der Waals surface area contributed by atoms with Crippen molar-refractivity contribution < 1.29 is 0 Å². The lowest BCUT2D eigenvalue weighted by atomic mass is 10.2. The fourth-order valence-electron chi connectivity index (χ4n) is 1.95. The second-order valence-corrected chi connectivity index (χ2v) is 4.54. The summed E-state index contributed by atoms with van der Waals surface area (Å²) in [5.74, 6) is 0. The van der Waals surface area contributed by atoms with Gasteiger partial charge in [0, 0.05) is 30.5 Å². The number of aromatic nitrogens is 6. The second-order valence-electron chi connectivity index (χ2n) is 4.54. The molecule has 0 amide bonds. The predicted octanol–water partition coefficient (Wildman–Crippen LogP) is 1.32. The smallest absolute Gasteiger partial charge is 0.143 e. The van der Waals surface area contributed by atoms with Crippen LogP contribution < -0.4 is 5.32 Å². The molecule has 0 saturated carbocycles. The van der Waals surface area contributed by atoms with Crippen LogP contribution in [0.2, 0.25) is 0 Å². The average Bonchev–Trinajstić information content (AvgIpc) is 3.10. The first-order valence-electron chi connectivity index (χ1n) is 6.29. The number of hydrogen-bond donors (Lipinski definition) is 1. The van der Waals surface area contributed by atoms with Gasteiger partial charge in [0.15, 0.2) is 0 Å². The Bertz CT molecular complexity index is 699. The summed E-state index contributed by atoms with van der Waals surface area (Å²) in [6, 6.07) is 7.94. The molecule has 0 aliphatic carbocycles. The maximum Gasteiger partial charge on any atom is 0.143 e. The highest BCUT2D eigenvalue weighted by Crippen LogP contribution is 2.15. The van der Waals surface area contributed by atoms with Crippen molar-refractivity contribution in [2.24, 2.45) is 7.05 Å². The molecule has 0 radical (unpaired) electrons. The van der Waals surface area contributed by atoms with Crippen LogP contribution in [-0.2, 0) is 13.6 Å². The van der Waals surface area contributed by atoms with Crippen molar-refractivity contribution in [3.63, 3.8) is 0 Å². The van der Waals surface area contributed by atoms with Crippen LogP contribution in [0, 0.1) is 6.92 Å². The van der Waals surface area contributed by atoms with Crippen molar-refractivity contribution in [2.75, 3.05) is 5.32 Å². The van der Waals surface area contributed by atoms with E-state index in [0.717, 1.165) is 23.6 Å². The summed E-state index contributed by atoms with van der Waals surface area (Å²) < 4.78 is 3.50. The number of hydrogen-bond acceptors (Lipinski definition) is 5. The van der Waals surface area contributed by atoms with Crippen molar-refractivity contribution >= 4 is 5.69 Å². The zero-order valence-corrected chi connectivity index (χ0v) is 11.4. The third-order valence-electron chi connectivity index (χ3n) is 3.28. The van der Waals surface area contributed by atoms with Crippen LogP contribution in [0.15, 0.2) is 36.8 Å². The molecular weight excluding hydrogens is 254 g/mol. The molecule has 2 heterocycles. The number of rotatable bonds is 4. The van der Waals surface area contributed by atoms with Gasteiger partial charge in [-0.25, -0.2) is 4.68 Å². The van der Waals surface area contributed by atoms with Crippen molar-refractivity contribution in [1.82, 2.24) is 30.0 Å². The molecule has 0 bridgehead atoms. The highest BCUT2D eigenvalue weighted by molar-refractivity contribution is 5.51. The number of benzene rings is 1. The molecule has 2 aromatic heterocycles. The first kappa shape index (κ1) is 12.3. The SMILES string of the molecule is Cc1c(CNc2cccc(-n3cnnn3)c2)cnn1C. The summed E-state index contributed by atoms with van der Waals surface area (Å²) in [5.41, 5.74) is 4.28. The van der Waals surface area contributed by atoms with Crippen LogP contribution in [0.25, 0.3) is 5.69 Å². The lowest BCUT2D eigenvalue weighted by Crippen LogP contribution is -2.02. The maximum atomic E-state index is 4.23. The first-order valence-corrected chi connectivity index (χ1v) is 6.29. The molecule has 1 aromatic carbocycles. The predicted molar refractivity (Wildman–Crippen MR) is 74.4 cm³/mol. The zero-order valence-electron chi connectivity index (χ0n) is 11.4. The number of nitrogens with zero attached hydrogens (tertiary/aromatic N) is 6. The van der Waals surface area contributed by atoms with Crippen LogP contribution in [0.4, 0.5) is 5.69 Å². The molecule has 0 spiro atoms. The molecule has 102 valence electrons. The Balaban J connectivity index is 1.75. The Labute approximate surface area is 116 Å². The van der Waals surface area contributed by atoms with Crippen molar-refractivity contribution in [3.05, 3.63) is 48.0 Å². The van der Waals surface area contributed by atoms with Gasteiger partial charge in [-0.3, -0.25) is 4.68 Å². The van der Waals surface area contributed by atoms with Gasteiger partial charge >= 0.3 is 0 Å². The Morgan fingerprint density at radius 1 is 1.30 bits per heavy atom. The molecule has 0 saturated heterocycles. The molecule has 0 aliphatic rings. The van der Waals surface area contributed by atoms with E-state index in [9.17, 15) is 0 Å². The van der Waals surface area contributed by atoms with E-state index in [0.29, 0.717) is 0 Å². The number of anilines is 1. The number of aryl methyl sites for hydroxylation is 1. The molecular formula is C13H15N7.